The minimum Gasteiger partial charge on any atom is -0.192 e. The maximum Gasteiger partial charge on any atom is 0.100 e. The van der Waals surface area contributed by atoms with Crippen molar-refractivity contribution >= 4 is 15.9 Å². The average molecular weight is 195 g/mol. The Balaban J connectivity index is 3.31. The lowest BCUT2D eigenvalue weighted by atomic mass is 10.1. The predicted molar refractivity (Wildman–Crippen MR) is 42.4 cm³/mol. The van der Waals surface area contributed by atoms with E-state index in [4.69, 9.17) is 5.26 Å². The third-order valence-corrected chi connectivity index (χ3v) is 2.16. The second-order valence-electron chi connectivity index (χ2n) is 1.94. The van der Waals surface area contributed by atoms with Crippen LogP contribution in [0.15, 0.2) is 16.6 Å². The van der Waals surface area contributed by atoms with Gasteiger partial charge in [0.2, 0.25) is 0 Å². The largest absolute Gasteiger partial charge is 0.192 e. The van der Waals surface area contributed by atoms with Crippen LogP contribution < -0.4 is 0 Å². The maximum absolute atomic E-state index is 8.54. The van der Waals surface area contributed by atoms with E-state index in [9.17, 15) is 0 Å². The lowest BCUT2D eigenvalue weighted by Crippen LogP contribution is -1.81. The van der Waals surface area contributed by atoms with Gasteiger partial charge in [-0.2, -0.15) is 5.26 Å². The number of benzene rings is 1. The molecule has 2 heteroatoms. The van der Waals surface area contributed by atoms with Crippen LogP contribution in [-0.2, 0) is 0 Å². The number of hydrogen-bond acceptors (Lipinski definition) is 1. The highest BCUT2D eigenvalue weighted by atomic mass is 79.9. The molecule has 0 N–H and O–H groups in total. The van der Waals surface area contributed by atoms with Gasteiger partial charge in [-0.1, -0.05) is 22.0 Å². The number of nitrogens with zero attached hydrogens (tertiary/aromatic N) is 1. The molecule has 1 radical (unpaired) electrons. The molecule has 0 aliphatic carbocycles. The second-order valence-corrected chi connectivity index (χ2v) is 2.79. The summed E-state index contributed by atoms with van der Waals surface area (Å²) < 4.78 is 0.961. The van der Waals surface area contributed by atoms with Gasteiger partial charge in [0, 0.05) is 10.5 Å². The van der Waals surface area contributed by atoms with Crippen LogP contribution in [-0.4, -0.2) is 0 Å². The first-order chi connectivity index (χ1) is 4.75. The molecular formula is C8H5BrN. The van der Waals surface area contributed by atoms with Crippen LogP contribution in [0.2, 0.25) is 0 Å². The van der Waals surface area contributed by atoms with E-state index in [1.54, 1.807) is 6.07 Å². The Bertz CT molecular complexity index is 286. The molecule has 0 heterocycles. The highest BCUT2D eigenvalue weighted by Crippen LogP contribution is 2.17. The topological polar surface area (TPSA) is 23.8 Å². The van der Waals surface area contributed by atoms with Crippen molar-refractivity contribution in [3.8, 4) is 6.07 Å². The summed E-state index contributed by atoms with van der Waals surface area (Å²) in [5, 5.41) is 8.54. The number of rotatable bonds is 0. The molecule has 0 fully saturated rings. The van der Waals surface area contributed by atoms with Gasteiger partial charge in [-0.15, -0.1) is 0 Å². The summed E-state index contributed by atoms with van der Waals surface area (Å²) in [6, 6.07) is 8.49. The highest BCUT2D eigenvalue weighted by molar-refractivity contribution is 9.10. The van der Waals surface area contributed by atoms with Gasteiger partial charge in [-0.05, 0) is 18.6 Å². The Labute approximate surface area is 68.4 Å². The normalized spacial score (nSPS) is 8.90. The maximum atomic E-state index is 8.54. The molecule has 0 unspecified atom stereocenters. The van der Waals surface area contributed by atoms with E-state index in [-0.39, 0.29) is 0 Å². The van der Waals surface area contributed by atoms with Crippen molar-refractivity contribution in [3.05, 3.63) is 33.8 Å². The number of halogens is 1. The second kappa shape index (κ2) is 2.85. The van der Waals surface area contributed by atoms with Crippen LogP contribution in [0, 0.1) is 24.3 Å². The van der Waals surface area contributed by atoms with Crippen molar-refractivity contribution in [2.75, 3.05) is 0 Å². The molecule has 0 saturated heterocycles. The Morgan fingerprint density at radius 1 is 1.70 bits per heavy atom. The molecule has 0 saturated carbocycles. The standard InChI is InChI=1S/C8H5BrN/c1-6-7(5-10)3-2-4-8(6)9/h2,4H,1H3. The first-order valence-corrected chi connectivity index (χ1v) is 3.62. The minimum atomic E-state index is 0.606. The summed E-state index contributed by atoms with van der Waals surface area (Å²) in [7, 11) is 0. The number of hydrogen-bond donors (Lipinski definition) is 0. The fraction of sp³-hybridized carbons (Fsp3) is 0.125. The molecule has 0 atom stereocenters. The lowest BCUT2D eigenvalue weighted by molar-refractivity contribution is 1.36. The lowest BCUT2D eigenvalue weighted by Gasteiger charge is -1.96. The molecule has 0 bridgehead atoms. The minimum absolute atomic E-state index is 0.606. The van der Waals surface area contributed by atoms with Crippen LogP contribution >= 0.6 is 15.9 Å². The van der Waals surface area contributed by atoms with Crippen LogP contribution in [0.4, 0.5) is 0 Å². The zero-order valence-corrected chi connectivity index (χ0v) is 7.07. The van der Waals surface area contributed by atoms with Gasteiger partial charge in [0.1, 0.15) is 6.07 Å². The van der Waals surface area contributed by atoms with Crippen LogP contribution in [0.3, 0.4) is 0 Å². The summed E-state index contributed by atoms with van der Waals surface area (Å²) in [6.07, 6.45) is 0. The van der Waals surface area contributed by atoms with E-state index in [1.807, 2.05) is 13.0 Å². The Morgan fingerprint density at radius 3 is 2.90 bits per heavy atom. The third kappa shape index (κ3) is 1.19. The van der Waals surface area contributed by atoms with Crippen molar-refractivity contribution in [2.45, 2.75) is 6.92 Å². The van der Waals surface area contributed by atoms with E-state index in [0.717, 1.165) is 10.0 Å². The smallest absolute Gasteiger partial charge is 0.100 e. The van der Waals surface area contributed by atoms with Gasteiger partial charge >= 0.3 is 0 Å². The molecule has 0 aliphatic heterocycles. The summed E-state index contributed by atoms with van der Waals surface area (Å²) >= 11 is 3.32. The first-order valence-electron chi connectivity index (χ1n) is 2.82. The van der Waals surface area contributed by atoms with E-state index >= 15 is 0 Å². The molecule has 0 aliphatic rings. The van der Waals surface area contributed by atoms with Gasteiger partial charge in [0.05, 0.1) is 5.56 Å². The van der Waals surface area contributed by atoms with Crippen molar-refractivity contribution < 1.29 is 0 Å². The zero-order valence-electron chi connectivity index (χ0n) is 5.48. The molecule has 0 amide bonds. The first kappa shape index (κ1) is 7.30. The van der Waals surface area contributed by atoms with E-state index < -0.39 is 0 Å². The summed E-state index contributed by atoms with van der Waals surface area (Å²) in [5.74, 6) is 0. The molecule has 0 spiro atoms. The van der Waals surface area contributed by atoms with Crippen molar-refractivity contribution in [3.63, 3.8) is 0 Å². The van der Waals surface area contributed by atoms with Gasteiger partial charge in [-0.25, -0.2) is 0 Å². The van der Waals surface area contributed by atoms with E-state index in [1.165, 1.54) is 0 Å². The van der Waals surface area contributed by atoms with Crippen molar-refractivity contribution in [1.82, 2.24) is 0 Å². The van der Waals surface area contributed by atoms with Gasteiger partial charge in [0.25, 0.3) is 0 Å². The van der Waals surface area contributed by atoms with Crippen LogP contribution in [0.5, 0.6) is 0 Å². The summed E-state index contributed by atoms with van der Waals surface area (Å²) in [4.78, 5) is 0. The van der Waals surface area contributed by atoms with Crippen molar-refractivity contribution in [2.24, 2.45) is 0 Å². The third-order valence-electron chi connectivity index (χ3n) is 1.30. The Hall–Kier alpha value is -0.810. The molecular weight excluding hydrogens is 190 g/mol. The Morgan fingerprint density at radius 2 is 2.40 bits per heavy atom. The average Bonchev–Trinajstić information content (AvgIpc) is 1.95. The molecule has 1 rings (SSSR count). The molecule has 1 aromatic rings. The highest BCUT2D eigenvalue weighted by Gasteiger charge is 1.98. The SMILES string of the molecule is Cc1c(C#N)[c]ccc1Br. The monoisotopic (exact) mass is 194 g/mol. The molecule has 10 heavy (non-hydrogen) atoms. The van der Waals surface area contributed by atoms with Gasteiger partial charge < -0.3 is 0 Å². The zero-order chi connectivity index (χ0) is 7.56. The molecule has 49 valence electrons. The number of nitriles is 1. The van der Waals surface area contributed by atoms with Crippen molar-refractivity contribution in [1.29, 1.82) is 5.26 Å². The quantitative estimate of drug-likeness (QED) is 0.623. The van der Waals surface area contributed by atoms with E-state index in [0.29, 0.717) is 5.56 Å². The Kier molecular flexibility index (Phi) is 2.08. The molecule has 1 nitrogen and oxygen atoms in total. The molecule has 0 aromatic heterocycles. The van der Waals surface area contributed by atoms with Gasteiger partial charge in [0.15, 0.2) is 0 Å². The van der Waals surface area contributed by atoms with Crippen LogP contribution in [0.1, 0.15) is 11.1 Å². The summed E-state index contributed by atoms with van der Waals surface area (Å²) in [5.41, 5.74) is 1.55. The van der Waals surface area contributed by atoms with Crippen LogP contribution in [0.25, 0.3) is 0 Å². The van der Waals surface area contributed by atoms with Gasteiger partial charge in [-0.3, -0.25) is 0 Å². The molecule has 1 aromatic carbocycles. The van der Waals surface area contributed by atoms with E-state index in [2.05, 4.69) is 28.1 Å². The summed E-state index contributed by atoms with van der Waals surface area (Å²) in [6.45, 7) is 1.89. The fourth-order valence-corrected chi connectivity index (χ4v) is 0.997. The predicted octanol–water partition coefficient (Wildman–Crippen LogP) is 2.43. The fourth-order valence-electron chi connectivity index (χ4n) is 0.667.